The molecule has 0 heterocycles. The van der Waals surface area contributed by atoms with Crippen LogP contribution in [-0.4, -0.2) is 12.1 Å². The number of rotatable bonds is 6. The molecule has 3 aromatic rings. The third-order valence-corrected chi connectivity index (χ3v) is 3.98. The summed E-state index contributed by atoms with van der Waals surface area (Å²) in [5.41, 5.74) is 4.08. The molecule has 0 N–H and O–H groups in total. The molecule has 0 amide bonds. The molecule has 0 radical (unpaired) electrons. The zero-order valence-corrected chi connectivity index (χ0v) is 13.9. The second-order valence-electron chi connectivity index (χ2n) is 5.78. The van der Waals surface area contributed by atoms with Crippen molar-refractivity contribution >= 4 is 12.1 Å². The summed E-state index contributed by atoms with van der Waals surface area (Å²) >= 11 is 0. The van der Waals surface area contributed by atoms with E-state index in [0.717, 1.165) is 23.0 Å². The number of Topliss-reactive ketones (excluding diaryl/α,β-unsaturated/α-hetero) is 1. The molecule has 3 heteroatoms. The van der Waals surface area contributed by atoms with E-state index in [-0.39, 0.29) is 5.78 Å². The van der Waals surface area contributed by atoms with Crippen molar-refractivity contribution in [3.63, 3.8) is 0 Å². The van der Waals surface area contributed by atoms with Crippen LogP contribution in [0, 0.1) is 0 Å². The molecule has 3 aromatic carbocycles. The Labute approximate surface area is 146 Å². The Morgan fingerprint density at radius 1 is 0.920 bits per heavy atom. The highest BCUT2D eigenvalue weighted by Crippen LogP contribution is 2.28. The monoisotopic (exact) mass is 330 g/mol. The maximum Gasteiger partial charge on any atom is 0.163 e. The molecular formula is C22H18O3. The molecule has 0 atom stereocenters. The van der Waals surface area contributed by atoms with Crippen molar-refractivity contribution < 1.29 is 14.3 Å². The summed E-state index contributed by atoms with van der Waals surface area (Å²) in [6.07, 6.45) is 0.811. The largest absolute Gasteiger partial charge is 0.488 e. The molecule has 124 valence electrons. The summed E-state index contributed by atoms with van der Waals surface area (Å²) in [6, 6.07) is 22.7. The zero-order valence-electron chi connectivity index (χ0n) is 13.9. The van der Waals surface area contributed by atoms with Crippen LogP contribution in [0.2, 0.25) is 0 Å². The predicted molar refractivity (Wildman–Crippen MR) is 98.0 cm³/mol. The van der Waals surface area contributed by atoms with Gasteiger partial charge < -0.3 is 4.74 Å². The Balaban J connectivity index is 1.87. The van der Waals surface area contributed by atoms with E-state index < -0.39 is 0 Å². The zero-order chi connectivity index (χ0) is 17.6. The van der Waals surface area contributed by atoms with Crippen molar-refractivity contribution in [2.24, 2.45) is 0 Å². The fourth-order valence-electron chi connectivity index (χ4n) is 2.60. The standard InChI is InChI=1S/C22H18O3/c1-16(24)21-13-20(19-9-7-17(14-23)8-10-19)11-12-22(21)25-15-18-5-3-2-4-6-18/h2-14H,15H2,1H3. The van der Waals surface area contributed by atoms with E-state index in [9.17, 15) is 9.59 Å². The first kappa shape index (κ1) is 16.7. The van der Waals surface area contributed by atoms with Crippen molar-refractivity contribution in [1.82, 2.24) is 0 Å². The molecule has 0 fully saturated rings. The smallest absolute Gasteiger partial charge is 0.163 e. The van der Waals surface area contributed by atoms with Crippen molar-refractivity contribution in [2.45, 2.75) is 13.5 Å². The molecule has 0 saturated carbocycles. The van der Waals surface area contributed by atoms with Gasteiger partial charge in [0.2, 0.25) is 0 Å². The molecule has 0 aromatic heterocycles. The van der Waals surface area contributed by atoms with Crippen LogP contribution in [0.5, 0.6) is 5.75 Å². The van der Waals surface area contributed by atoms with E-state index >= 15 is 0 Å². The van der Waals surface area contributed by atoms with Gasteiger partial charge in [-0.25, -0.2) is 0 Å². The van der Waals surface area contributed by atoms with E-state index in [4.69, 9.17) is 4.74 Å². The van der Waals surface area contributed by atoms with E-state index in [0.29, 0.717) is 23.5 Å². The van der Waals surface area contributed by atoms with Crippen LogP contribution in [0.15, 0.2) is 72.8 Å². The van der Waals surface area contributed by atoms with E-state index in [1.165, 1.54) is 6.92 Å². The molecule has 0 aliphatic heterocycles. The summed E-state index contributed by atoms with van der Waals surface area (Å²) in [5, 5.41) is 0. The summed E-state index contributed by atoms with van der Waals surface area (Å²) in [5.74, 6) is 0.527. The van der Waals surface area contributed by atoms with Crippen LogP contribution in [0.25, 0.3) is 11.1 Å². The molecule has 0 spiro atoms. The lowest BCUT2D eigenvalue weighted by Crippen LogP contribution is -2.02. The highest BCUT2D eigenvalue weighted by Gasteiger charge is 2.11. The first-order chi connectivity index (χ1) is 12.2. The number of ether oxygens (including phenoxy) is 1. The third-order valence-electron chi connectivity index (χ3n) is 3.98. The topological polar surface area (TPSA) is 43.4 Å². The second-order valence-corrected chi connectivity index (χ2v) is 5.78. The average molecular weight is 330 g/mol. The quantitative estimate of drug-likeness (QED) is 0.474. The van der Waals surface area contributed by atoms with Crippen LogP contribution in [0.4, 0.5) is 0 Å². The molecule has 25 heavy (non-hydrogen) atoms. The number of hydrogen-bond donors (Lipinski definition) is 0. The molecule has 3 nitrogen and oxygen atoms in total. The van der Waals surface area contributed by atoms with Gasteiger partial charge in [-0.05, 0) is 35.7 Å². The van der Waals surface area contributed by atoms with Gasteiger partial charge in [0, 0.05) is 5.56 Å². The SMILES string of the molecule is CC(=O)c1cc(-c2ccc(C=O)cc2)ccc1OCc1ccccc1. The lowest BCUT2D eigenvalue weighted by Gasteiger charge is -2.12. The van der Waals surface area contributed by atoms with Gasteiger partial charge in [-0.2, -0.15) is 0 Å². The lowest BCUT2D eigenvalue weighted by molar-refractivity contribution is 0.101. The van der Waals surface area contributed by atoms with E-state index in [2.05, 4.69) is 0 Å². The van der Waals surface area contributed by atoms with Crippen LogP contribution in [-0.2, 0) is 6.61 Å². The minimum absolute atomic E-state index is 0.0468. The third kappa shape index (κ3) is 4.01. The van der Waals surface area contributed by atoms with Gasteiger partial charge in [0.1, 0.15) is 18.6 Å². The fourth-order valence-corrected chi connectivity index (χ4v) is 2.60. The number of carbonyl (C=O) groups excluding carboxylic acids is 2. The first-order valence-corrected chi connectivity index (χ1v) is 8.04. The van der Waals surface area contributed by atoms with Gasteiger partial charge in [-0.3, -0.25) is 9.59 Å². The highest BCUT2D eigenvalue weighted by molar-refractivity contribution is 5.98. The van der Waals surface area contributed by atoms with Gasteiger partial charge in [0.05, 0.1) is 5.56 Å². The van der Waals surface area contributed by atoms with Crippen LogP contribution in [0.3, 0.4) is 0 Å². The number of hydrogen-bond acceptors (Lipinski definition) is 3. The highest BCUT2D eigenvalue weighted by atomic mass is 16.5. The van der Waals surface area contributed by atoms with E-state index in [1.807, 2.05) is 60.7 Å². The molecule has 0 bridgehead atoms. The second kappa shape index (κ2) is 7.58. The van der Waals surface area contributed by atoms with Crippen LogP contribution in [0.1, 0.15) is 33.2 Å². The maximum atomic E-state index is 12.0. The Morgan fingerprint density at radius 3 is 2.24 bits per heavy atom. The molecule has 0 unspecified atom stereocenters. The predicted octanol–water partition coefficient (Wildman–Crippen LogP) is 4.95. The Morgan fingerprint density at radius 2 is 1.60 bits per heavy atom. The molecular weight excluding hydrogens is 312 g/mol. The average Bonchev–Trinajstić information content (AvgIpc) is 2.67. The van der Waals surface area contributed by atoms with Gasteiger partial charge >= 0.3 is 0 Å². The van der Waals surface area contributed by atoms with Crippen LogP contribution >= 0.6 is 0 Å². The Kier molecular flexibility index (Phi) is 5.05. The molecule has 0 aliphatic rings. The van der Waals surface area contributed by atoms with Crippen LogP contribution < -0.4 is 4.74 Å². The van der Waals surface area contributed by atoms with Crippen molar-refractivity contribution in [1.29, 1.82) is 0 Å². The van der Waals surface area contributed by atoms with Gasteiger partial charge in [0.15, 0.2) is 5.78 Å². The maximum absolute atomic E-state index is 12.0. The summed E-state index contributed by atoms with van der Waals surface area (Å²) < 4.78 is 5.84. The number of ketones is 1. The van der Waals surface area contributed by atoms with Gasteiger partial charge in [-0.15, -0.1) is 0 Å². The number of benzene rings is 3. The fraction of sp³-hybridized carbons (Fsp3) is 0.0909. The minimum atomic E-state index is -0.0468. The Hall–Kier alpha value is -3.20. The number of carbonyl (C=O) groups is 2. The molecule has 0 saturated heterocycles. The number of aldehydes is 1. The summed E-state index contributed by atoms with van der Waals surface area (Å²) in [4.78, 5) is 22.8. The molecule has 3 rings (SSSR count). The lowest BCUT2D eigenvalue weighted by atomic mass is 10.00. The minimum Gasteiger partial charge on any atom is -0.488 e. The normalized spacial score (nSPS) is 10.3. The van der Waals surface area contributed by atoms with E-state index in [1.54, 1.807) is 12.1 Å². The summed E-state index contributed by atoms with van der Waals surface area (Å²) in [7, 11) is 0. The van der Waals surface area contributed by atoms with Crippen molar-refractivity contribution in [2.75, 3.05) is 0 Å². The van der Waals surface area contributed by atoms with Crippen molar-refractivity contribution in [3.8, 4) is 16.9 Å². The summed E-state index contributed by atoms with van der Waals surface area (Å²) in [6.45, 7) is 1.94. The molecule has 0 aliphatic carbocycles. The first-order valence-electron chi connectivity index (χ1n) is 8.04. The van der Waals surface area contributed by atoms with Gasteiger partial charge in [0.25, 0.3) is 0 Å². The van der Waals surface area contributed by atoms with Crippen molar-refractivity contribution in [3.05, 3.63) is 89.5 Å². The Bertz CT molecular complexity index is 881. The van der Waals surface area contributed by atoms with Gasteiger partial charge in [-0.1, -0.05) is 60.7 Å².